The lowest BCUT2D eigenvalue weighted by molar-refractivity contribution is 0.273. The fraction of sp³-hybridized carbons (Fsp3) is 0.700. The summed E-state index contributed by atoms with van der Waals surface area (Å²) in [6, 6.07) is 0. The van der Waals surface area contributed by atoms with Crippen molar-refractivity contribution in [2.45, 2.75) is 32.2 Å². The molecule has 2 rings (SSSR count). The molecular formula is C10H16N2O. The van der Waals surface area contributed by atoms with E-state index >= 15 is 0 Å². The average molecular weight is 180 g/mol. The molecule has 1 aliphatic carbocycles. The third kappa shape index (κ3) is 1.61. The minimum absolute atomic E-state index is 0.321. The van der Waals surface area contributed by atoms with Crippen LogP contribution in [0, 0.1) is 5.92 Å². The highest BCUT2D eigenvalue weighted by Gasteiger charge is 2.39. The number of imidazole rings is 1. The van der Waals surface area contributed by atoms with Gasteiger partial charge < -0.3 is 9.67 Å². The smallest absolute Gasteiger partial charge is 0.0948 e. The van der Waals surface area contributed by atoms with Crippen LogP contribution in [0.4, 0.5) is 0 Å². The number of aryl methyl sites for hydroxylation is 1. The first-order valence-electron chi connectivity index (χ1n) is 4.97. The van der Waals surface area contributed by atoms with Gasteiger partial charge in [-0.15, -0.1) is 0 Å². The molecule has 1 saturated carbocycles. The van der Waals surface area contributed by atoms with E-state index in [9.17, 15) is 0 Å². The molecule has 3 heteroatoms. The molecule has 13 heavy (non-hydrogen) atoms. The standard InChI is InChI=1S/C10H16N2O/c1-2-3-12-7-11-5-10(12)9-4-8(9)6-13/h5,7-9,13H,2-4,6H2,1H3. The molecule has 1 aliphatic rings. The van der Waals surface area contributed by atoms with E-state index in [1.54, 1.807) is 0 Å². The lowest BCUT2D eigenvalue weighted by atomic mass is 10.2. The molecule has 0 radical (unpaired) electrons. The second-order valence-electron chi connectivity index (χ2n) is 3.80. The molecule has 1 aromatic heterocycles. The van der Waals surface area contributed by atoms with E-state index in [-0.39, 0.29) is 0 Å². The zero-order valence-electron chi connectivity index (χ0n) is 7.98. The van der Waals surface area contributed by atoms with E-state index in [1.807, 2.05) is 12.5 Å². The first kappa shape index (κ1) is 8.75. The van der Waals surface area contributed by atoms with E-state index < -0.39 is 0 Å². The zero-order chi connectivity index (χ0) is 9.26. The average Bonchev–Trinajstić information content (AvgIpc) is 2.79. The van der Waals surface area contributed by atoms with E-state index in [0.717, 1.165) is 19.4 Å². The highest BCUT2D eigenvalue weighted by atomic mass is 16.3. The number of rotatable bonds is 4. The normalized spacial score (nSPS) is 26.3. The maximum atomic E-state index is 8.97. The van der Waals surface area contributed by atoms with Gasteiger partial charge in [0.1, 0.15) is 0 Å². The quantitative estimate of drug-likeness (QED) is 0.760. The van der Waals surface area contributed by atoms with Crippen molar-refractivity contribution >= 4 is 0 Å². The van der Waals surface area contributed by atoms with Crippen LogP contribution in [0.25, 0.3) is 0 Å². The zero-order valence-corrected chi connectivity index (χ0v) is 7.98. The third-order valence-electron chi connectivity index (χ3n) is 2.75. The Morgan fingerprint density at radius 3 is 3.15 bits per heavy atom. The predicted molar refractivity (Wildman–Crippen MR) is 50.5 cm³/mol. The van der Waals surface area contributed by atoms with Gasteiger partial charge in [0.2, 0.25) is 0 Å². The Morgan fingerprint density at radius 2 is 2.54 bits per heavy atom. The van der Waals surface area contributed by atoms with Crippen LogP contribution in [0.5, 0.6) is 0 Å². The second kappa shape index (κ2) is 3.50. The molecular weight excluding hydrogens is 164 g/mol. The van der Waals surface area contributed by atoms with Crippen molar-refractivity contribution in [2.75, 3.05) is 6.61 Å². The van der Waals surface area contributed by atoms with Gasteiger partial charge in [-0.3, -0.25) is 0 Å². The summed E-state index contributed by atoms with van der Waals surface area (Å²) in [4.78, 5) is 4.15. The minimum Gasteiger partial charge on any atom is -0.396 e. The van der Waals surface area contributed by atoms with Crippen LogP contribution >= 0.6 is 0 Å². The first-order valence-corrected chi connectivity index (χ1v) is 4.97. The highest BCUT2D eigenvalue weighted by Crippen LogP contribution is 2.46. The fourth-order valence-electron chi connectivity index (χ4n) is 1.88. The number of hydrogen-bond donors (Lipinski definition) is 1. The van der Waals surface area contributed by atoms with E-state index in [2.05, 4.69) is 16.5 Å². The van der Waals surface area contributed by atoms with E-state index in [4.69, 9.17) is 5.11 Å². The van der Waals surface area contributed by atoms with Crippen molar-refractivity contribution in [1.29, 1.82) is 0 Å². The van der Waals surface area contributed by atoms with Crippen LogP contribution in [0.15, 0.2) is 12.5 Å². The number of aromatic nitrogens is 2. The molecule has 1 fully saturated rings. The van der Waals surface area contributed by atoms with Crippen LogP contribution < -0.4 is 0 Å². The van der Waals surface area contributed by atoms with Crippen molar-refractivity contribution in [3.8, 4) is 0 Å². The molecule has 1 heterocycles. The summed E-state index contributed by atoms with van der Waals surface area (Å²) >= 11 is 0. The largest absolute Gasteiger partial charge is 0.396 e. The monoisotopic (exact) mass is 180 g/mol. The predicted octanol–water partition coefficient (Wildman–Crippen LogP) is 1.39. The Hall–Kier alpha value is -0.830. The van der Waals surface area contributed by atoms with Crippen molar-refractivity contribution < 1.29 is 5.11 Å². The first-order chi connectivity index (χ1) is 6.36. The lowest BCUT2D eigenvalue weighted by Gasteiger charge is -2.04. The second-order valence-corrected chi connectivity index (χ2v) is 3.80. The summed E-state index contributed by atoms with van der Waals surface area (Å²) < 4.78 is 2.21. The van der Waals surface area contributed by atoms with Crippen LogP contribution in [-0.4, -0.2) is 21.3 Å². The van der Waals surface area contributed by atoms with E-state index in [0.29, 0.717) is 18.4 Å². The summed E-state index contributed by atoms with van der Waals surface area (Å²) in [5, 5.41) is 8.97. The van der Waals surface area contributed by atoms with Gasteiger partial charge in [-0.05, 0) is 18.8 Å². The van der Waals surface area contributed by atoms with Gasteiger partial charge in [0, 0.05) is 31.0 Å². The molecule has 3 nitrogen and oxygen atoms in total. The summed E-state index contributed by atoms with van der Waals surface area (Å²) in [6.45, 7) is 3.53. The van der Waals surface area contributed by atoms with Crippen LogP contribution in [0.1, 0.15) is 31.4 Å². The molecule has 1 aromatic rings. The molecule has 1 N–H and O–H groups in total. The maximum Gasteiger partial charge on any atom is 0.0948 e. The Balaban J connectivity index is 2.07. The van der Waals surface area contributed by atoms with Gasteiger partial charge in [-0.2, -0.15) is 0 Å². The van der Waals surface area contributed by atoms with Gasteiger partial charge in [0.05, 0.1) is 6.33 Å². The van der Waals surface area contributed by atoms with Crippen molar-refractivity contribution in [1.82, 2.24) is 9.55 Å². The van der Waals surface area contributed by atoms with Crippen LogP contribution in [0.2, 0.25) is 0 Å². The number of hydrogen-bond acceptors (Lipinski definition) is 2. The maximum absolute atomic E-state index is 8.97. The Bertz CT molecular complexity index is 282. The molecule has 2 unspecified atom stereocenters. The summed E-state index contributed by atoms with van der Waals surface area (Å²) in [5.41, 5.74) is 1.31. The molecule has 0 aliphatic heterocycles. The lowest BCUT2D eigenvalue weighted by Crippen LogP contribution is -2.01. The minimum atomic E-state index is 0.321. The van der Waals surface area contributed by atoms with Gasteiger partial charge in [-0.1, -0.05) is 6.92 Å². The summed E-state index contributed by atoms with van der Waals surface area (Å²) in [7, 11) is 0. The Labute approximate surface area is 78.4 Å². The van der Waals surface area contributed by atoms with Crippen LogP contribution in [0.3, 0.4) is 0 Å². The topological polar surface area (TPSA) is 38.0 Å². The van der Waals surface area contributed by atoms with Crippen molar-refractivity contribution in [2.24, 2.45) is 5.92 Å². The van der Waals surface area contributed by atoms with Gasteiger partial charge in [-0.25, -0.2) is 4.98 Å². The number of aliphatic hydroxyl groups excluding tert-OH is 1. The third-order valence-corrected chi connectivity index (χ3v) is 2.75. The molecule has 0 spiro atoms. The molecule has 0 bridgehead atoms. The molecule has 2 atom stereocenters. The molecule has 72 valence electrons. The Morgan fingerprint density at radius 1 is 1.69 bits per heavy atom. The van der Waals surface area contributed by atoms with Crippen molar-refractivity contribution in [3.05, 3.63) is 18.2 Å². The van der Waals surface area contributed by atoms with Gasteiger partial charge >= 0.3 is 0 Å². The molecule has 0 amide bonds. The summed E-state index contributed by atoms with van der Waals surface area (Å²) in [5.74, 6) is 1.06. The molecule has 0 saturated heterocycles. The highest BCUT2D eigenvalue weighted by molar-refractivity contribution is 5.16. The van der Waals surface area contributed by atoms with Crippen LogP contribution in [-0.2, 0) is 6.54 Å². The SMILES string of the molecule is CCCn1cncc1C1CC1CO. The number of aliphatic hydroxyl groups is 1. The molecule has 0 aromatic carbocycles. The fourth-order valence-corrected chi connectivity index (χ4v) is 1.88. The van der Waals surface area contributed by atoms with Gasteiger partial charge in [0.15, 0.2) is 0 Å². The summed E-state index contributed by atoms with van der Waals surface area (Å²) in [6.07, 6.45) is 6.10. The Kier molecular flexibility index (Phi) is 2.36. The van der Waals surface area contributed by atoms with E-state index in [1.165, 1.54) is 5.69 Å². The van der Waals surface area contributed by atoms with Crippen molar-refractivity contribution in [3.63, 3.8) is 0 Å². The number of nitrogens with zero attached hydrogens (tertiary/aromatic N) is 2. The van der Waals surface area contributed by atoms with Gasteiger partial charge in [0.25, 0.3) is 0 Å².